The van der Waals surface area contributed by atoms with Crippen molar-refractivity contribution >= 4 is 28.3 Å². The first-order chi connectivity index (χ1) is 9.16. The standard InChI is InChI=1S/C12H13N5OS/c1-9(18)11(19-12-16-13-8-17(12)2)15-14-10-6-4-3-5-7-10/h3-8,14H,1-2H3. The van der Waals surface area contributed by atoms with Gasteiger partial charge in [-0.25, -0.2) is 0 Å². The van der Waals surface area contributed by atoms with Crippen molar-refractivity contribution in [3.8, 4) is 0 Å². The Kier molecular flexibility index (Phi) is 4.30. The van der Waals surface area contributed by atoms with E-state index in [2.05, 4.69) is 20.7 Å². The van der Waals surface area contributed by atoms with E-state index in [0.717, 1.165) is 5.69 Å². The van der Waals surface area contributed by atoms with E-state index in [1.54, 1.807) is 10.9 Å². The van der Waals surface area contributed by atoms with E-state index in [4.69, 9.17) is 0 Å². The molecule has 6 nitrogen and oxygen atoms in total. The van der Waals surface area contributed by atoms with E-state index >= 15 is 0 Å². The Bertz CT molecular complexity index is 593. The summed E-state index contributed by atoms with van der Waals surface area (Å²) in [6.45, 7) is 1.47. The first kappa shape index (κ1) is 13.3. The SMILES string of the molecule is CC(=O)C(=NNc1ccccc1)Sc1nncn1C. The molecule has 0 atom stereocenters. The molecule has 1 heterocycles. The maximum absolute atomic E-state index is 11.6. The van der Waals surface area contributed by atoms with Crippen LogP contribution in [0.4, 0.5) is 5.69 Å². The highest BCUT2D eigenvalue weighted by molar-refractivity contribution is 8.15. The van der Waals surface area contributed by atoms with Crippen molar-refractivity contribution in [1.82, 2.24) is 14.8 Å². The monoisotopic (exact) mass is 275 g/mol. The van der Waals surface area contributed by atoms with E-state index in [9.17, 15) is 4.79 Å². The average Bonchev–Trinajstić information content (AvgIpc) is 2.81. The van der Waals surface area contributed by atoms with Crippen LogP contribution in [0.3, 0.4) is 0 Å². The number of hydrogen-bond donors (Lipinski definition) is 1. The van der Waals surface area contributed by atoms with Crippen molar-refractivity contribution in [3.63, 3.8) is 0 Å². The molecule has 0 aliphatic rings. The van der Waals surface area contributed by atoms with Crippen LogP contribution in [0.5, 0.6) is 0 Å². The van der Waals surface area contributed by atoms with Gasteiger partial charge in [-0.15, -0.1) is 10.2 Å². The molecule has 0 fully saturated rings. The van der Waals surface area contributed by atoms with Gasteiger partial charge in [0.05, 0.1) is 5.69 Å². The molecule has 0 spiro atoms. The number of nitrogens with zero attached hydrogens (tertiary/aromatic N) is 4. The molecule has 1 aromatic heterocycles. The van der Waals surface area contributed by atoms with E-state index in [1.165, 1.54) is 18.7 Å². The van der Waals surface area contributed by atoms with Crippen molar-refractivity contribution in [1.29, 1.82) is 0 Å². The minimum atomic E-state index is -0.128. The molecule has 0 aliphatic heterocycles. The number of aromatic nitrogens is 3. The summed E-state index contributed by atoms with van der Waals surface area (Å²) >= 11 is 1.18. The number of Topliss-reactive ketones (excluding diaryl/α,β-unsaturated/α-hetero) is 1. The highest BCUT2D eigenvalue weighted by Gasteiger charge is 2.12. The molecular weight excluding hydrogens is 262 g/mol. The van der Waals surface area contributed by atoms with Gasteiger partial charge in [0.25, 0.3) is 0 Å². The summed E-state index contributed by atoms with van der Waals surface area (Å²) in [4.78, 5) is 11.6. The maximum Gasteiger partial charge on any atom is 0.197 e. The molecule has 0 unspecified atom stereocenters. The van der Waals surface area contributed by atoms with Gasteiger partial charge in [0.15, 0.2) is 16.0 Å². The molecule has 19 heavy (non-hydrogen) atoms. The highest BCUT2D eigenvalue weighted by Crippen LogP contribution is 2.17. The van der Waals surface area contributed by atoms with Crippen LogP contribution >= 0.6 is 11.8 Å². The van der Waals surface area contributed by atoms with Crippen molar-refractivity contribution in [2.75, 3.05) is 5.43 Å². The van der Waals surface area contributed by atoms with Crippen molar-refractivity contribution in [2.24, 2.45) is 12.1 Å². The Labute approximate surface area is 114 Å². The predicted molar refractivity (Wildman–Crippen MR) is 75.0 cm³/mol. The number of thioether (sulfide) groups is 1. The molecule has 0 saturated carbocycles. The summed E-state index contributed by atoms with van der Waals surface area (Å²) in [6, 6.07) is 9.43. The summed E-state index contributed by atoms with van der Waals surface area (Å²) < 4.78 is 1.73. The zero-order valence-corrected chi connectivity index (χ0v) is 11.4. The zero-order chi connectivity index (χ0) is 13.7. The van der Waals surface area contributed by atoms with Crippen LogP contribution in [-0.2, 0) is 11.8 Å². The summed E-state index contributed by atoms with van der Waals surface area (Å²) in [5.41, 5.74) is 3.67. The van der Waals surface area contributed by atoms with Gasteiger partial charge in [0.1, 0.15) is 6.33 Å². The van der Waals surface area contributed by atoms with Crippen LogP contribution in [0.2, 0.25) is 0 Å². The lowest BCUT2D eigenvalue weighted by Crippen LogP contribution is -2.09. The van der Waals surface area contributed by atoms with Crippen LogP contribution in [0.25, 0.3) is 0 Å². The molecule has 7 heteroatoms. The quantitative estimate of drug-likeness (QED) is 0.399. The largest absolute Gasteiger partial charge is 0.311 e. The molecule has 0 radical (unpaired) electrons. The minimum absolute atomic E-state index is 0.128. The van der Waals surface area contributed by atoms with Crippen LogP contribution in [0.1, 0.15) is 6.92 Å². The Morgan fingerprint density at radius 3 is 2.68 bits per heavy atom. The second-order valence-electron chi connectivity index (χ2n) is 3.78. The number of hydrazone groups is 1. The lowest BCUT2D eigenvalue weighted by Gasteiger charge is -2.03. The lowest BCUT2D eigenvalue weighted by atomic mass is 10.3. The number of aryl methyl sites for hydroxylation is 1. The van der Waals surface area contributed by atoms with Gasteiger partial charge in [-0.05, 0) is 23.9 Å². The fourth-order valence-electron chi connectivity index (χ4n) is 1.25. The summed E-state index contributed by atoms with van der Waals surface area (Å²) in [7, 11) is 1.81. The van der Waals surface area contributed by atoms with Crippen LogP contribution in [0.15, 0.2) is 46.9 Å². The number of ketones is 1. The third kappa shape index (κ3) is 3.65. The van der Waals surface area contributed by atoms with Gasteiger partial charge < -0.3 is 4.57 Å². The second-order valence-corrected chi connectivity index (χ2v) is 4.73. The summed E-state index contributed by atoms with van der Waals surface area (Å²) in [5.74, 6) is -0.128. The fraction of sp³-hybridized carbons (Fsp3) is 0.167. The summed E-state index contributed by atoms with van der Waals surface area (Å²) in [6.07, 6.45) is 1.57. The second kappa shape index (κ2) is 6.14. The van der Waals surface area contributed by atoms with Crippen molar-refractivity contribution in [2.45, 2.75) is 12.1 Å². The van der Waals surface area contributed by atoms with Crippen molar-refractivity contribution < 1.29 is 4.79 Å². The zero-order valence-electron chi connectivity index (χ0n) is 10.6. The van der Waals surface area contributed by atoms with E-state index < -0.39 is 0 Å². The third-order valence-corrected chi connectivity index (χ3v) is 3.34. The topological polar surface area (TPSA) is 72.2 Å². The number of nitrogens with one attached hydrogen (secondary N) is 1. The minimum Gasteiger partial charge on any atom is -0.311 e. The van der Waals surface area contributed by atoms with Gasteiger partial charge in [-0.2, -0.15) is 5.10 Å². The number of carbonyl (C=O) groups excluding carboxylic acids is 1. The van der Waals surface area contributed by atoms with Gasteiger partial charge >= 0.3 is 0 Å². The fourth-order valence-corrected chi connectivity index (χ4v) is 1.94. The van der Waals surface area contributed by atoms with E-state index in [0.29, 0.717) is 10.2 Å². The maximum atomic E-state index is 11.6. The van der Waals surface area contributed by atoms with Crippen LogP contribution in [-0.4, -0.2) is 25.6 Å². The van der Waals surface area contributed by atoms with Gasteiger partial charge in [0, 0.05) is 14.0 Å². The van der Waals surface area contributed by atoms with Crippen molar-refractivity contribution in [3.05, 3.63) is 36.7 Å². The summed E-state index contributed by atoms with van der Waals surface area (Å²) in [5, 5.41) is 12.7. The predicted octanol–water partition coefficient (Wildman–Crippen LogP) is 1.92. The first-order valence-corrected chi connectivity index (χ1v) is 6.40. The Morgan fingerprint density at radius 1 is 1.37 bits per heavy atom. The average molecular weight is 275 g/mol. The first-order valence-electron chi connectivity index (χ1n) is 5.58. The molecule has 0 aliphatic carbocycles. The molecule has 0 bridgehead atoms. The molecule has 1 aromatic carbocycles. The van der Waals surface area contributed by atoms with Gasteiger partial charge in [0.2, 0.25) is 0 Å². The number of carbonyl (C=O) groups is 1. The molecular formula is C12H13N5OS. The number of hydrogen-bond acceptors (Lipinski definition) is 6. The highest BCUT2D eigenvalue weighted by atomic mass is 32.2. The molecule has 0 saturated heterocycles. The van der Waals surface area contributed by atoms with E-state index in [1.807, 2.05) is 37.4 Å². The normalized spacial score (nSPS) is 11.4. The van der Waals surface area contributed by atoms with Gasteiger partial charge in [-0.3, -0.25) is 10.2 Å². The van der Waals surface area contributed by atoms with E-state index in [-0.39, 0.29) is 5.78 Å². The van der Waals surface area contributed by atoms with Gasteiger partial charge in [-0.1, -0.05) is 18.2 Å². The third-order valence-electron chi connectivity index (χ3n) is 2.22. The number of benzene rings is 1. The number of para-hydroxylation sites is 1. The lowest BCUT2D eigenvalue weighted by molar-refractivity contribution is -0.110. The molecule has 0 amide bonds. The van der Waals surface area contributed by atoms with Crippen LogP contribution < -0.4 is 5.43 Å². The Morgan fingerprint density at radius 2 is 2.11 bits per heavy atom. The van der Waals surface area contributed by atoms with Crippen LogP contribution in [0, 0.1) is 0 Å². The Balaban J connectivity index is 2.12. The number of anilines is 1. The molecule has 2 aromatic rings. The molecule has 1 N–H and O–H groups in total. The molecule has 98 valence electrons. The smallest absolute Gasteiger partial charge is 0.197 e. The number of rotatable bonds is 4. The Hall–Kier alpha value is -2.15. The molecule has 2 rings (SSSR count).